The number of ether oxygens (including phenoxy) is 2. The Morgan fingerprint density at radius 3 is 2.18 bits per heavy atom. The molecule has 0 amide bonds. The molecule has 1 saturated heterocycles. The summed E-state index contributed by atoms with van der Waals surface area (Å²) in [7, 11) is 0. The second-order valence-corrected chi connectivity index (χ2v) is 4.39. The molecule has 63 valence electrons. The standard InChI is InChI=1S/C7H13O2.BrH.Zn/c1-6-4-8-7(2,3)9-5-6;;/h6H,1,4-5H2,2-3H3;1H;. The van der Waals surface area contributed by atoms with Crippen molar-refractivity contribution in [2.75, 3.05) is 13.2 Å². The van der Waals surface area contributed by atoms with Crippen LogP contribution in [0.3, 0.4) is 0 Å². The van der Waals surface area contributed by atoms with Gasteiger partial charge < -0.3 is 0 Å². The predicted octanol–water partition coefficient (Wildman–Crippen LogP) is 1.93. The van der Waals surface area contributed by atoms with Gasteiger partial charge in [0, 0.05) is 0 Å². The number of rotatable bonds is 1. The summed E-state index contributed by atoms with van der Waals surface area (Å²) in [4.78, 5) is 0. The molecule has 0 aromatic carbocycles. The zero-order valence-electron chi connectivity index (χ0n) is 7.13. The summed E-state index contributed by atoms with van der Waals surface area (Å²) in [5, 5.41) is 1.27. The van der Waals surface area contributed by atoms with Gasteiger partial charge in [-0.2, -0.15) is 0 Å². The van der Waals surface area contributed by atoms with Crippen LogP contribution < -0.4 is 0 Å². The Labute approximate surface area is 88.5 Å². The predicted molar refractivity (Wildman–Crippen MR) is 44.6 cm³/mol. The summed E-state index contributed by atoms with van der Waals surface area (Å²) >= 11 is 1.35. The Hall–Kier alpha value is 1.02. The fourth-order valence-corrected chi connectivity index (χ4v) is 1.59. The van der Waals surface area contributed by atoms with Crippen LogP contribution in [0.1, 0.15) is 13.8 Å². The fraction of sp³-hybridized carbons (Fsp3) is 1.00. The Morgan fingerprint density at radius 1 is 1.36 bits per heavy atom. The van der Waals surface area contributed by atoms with Crippen molar-refractivity contribution in [2.24, 2.45) is 5.92 Å². The van der Waals surface area contributed by atoms with Crippen molar-refractivity contribution in [3.63, 3.8) is 0 Å². The van der Waals surface area contributed by atoms with E-state index in [1.807, 2.05) is 13.8 Å². The molecular weight excluding hydrogens is 261 g/mol. The van der Waals surface area contributed by atoms with Crippen LogP contribution in [0.4, 0.5) is 0 Å². The molecule has 4 heteroatoms. The first-order valence-corrected chi connectivity index (χ1v) is 5.81. The van der Waals surface area contributed by atoms with Gasteiger partial charge in [0.25, 0.3) is 0 Å². The van der Waals surface area contributed by atoms with Crippen molar-refractivity contribution in [1.29, 1.82) is 0 Å². The van der Waals surface area contributed by atoms with Crippen LogP contribution in [0.2, 0.25) is 5.02 Å². The molecule has 2 nitrogen and oxygen atoms in total. The van der Waals surface area contributed by atoms with Gasteiger partial charge in [-0.25, -0.2) is 0 Å². The first-order valence-electron chi connectivity index (χ1n) is 3.71. The maximum atomic E-state index is 5.47. The van der Waals surface area contributed by atoms with Gasteiger partial charge in [-0.15, -0.1) is 17.0 Å². The Morgan fingerprint density at radius 2 is 1.82 bits per heavy atom. The van der Waals surface area contributed by atoms with Crippen LogP contribution in [-0.2, 0) is 27.8 Å². The zero-order valence-corrected chi connectivity index (χ0v) is 11.8. The summed E-state index contributed by atoms with van der Waals surface area (Å²) in [6.45, 7) is 5.70. The second-order valence-electron chi connectivity index (χ2n) is 3.18. The van der Waals surface area contributed by atoms with Gasteiger partial charge in [-0.3, -0.25) is 0 Å². The van der Waals surface area contributed by atoms with Crippen LogP contribution >= 0.6 is 17.0 Å². The monoisotopic (exact) mass is 273 g/mol. The van der Waals surface area contributed by atoms with E-state index in [0.29, 0.717) is 5.92 Å². The Kier molecular flexibility index (Phi) is 5.36. The van der Waals surface area contributed by atoms with E-state index in [4.69, 9.17) is 9.47 Å². The minimum atomic E-state index is -0.328. The molecule has 1 aliphatic rings. The van der Waals surface area contributed by atoms with Crippen molar-refractivity contribution in [1.82, 2.24) is 0 Å². The molecule has 0 unspecified atom stereocenters. The van der Waals surface area contributed by atoms with E-state index in [0.717, 1.165) is 13.2 Å². The van der Waals surface area contributed by atoms with Crippen LogP contribution in [0.25, 0.3) is 0 Å². The molecule has 1 aliphatic heterocycles. The molecule has 0 saturated carbocycles. The number of hydrogen-bond acceptors (Lipinski definition) is 2. The average Bonchev–Trinajstić information content (AvgIpc) is 1.88. The van der Waals surface area contributed by atoms with Gasteiger partial charge >= 0.3 is 71.6 Å². The summed E-state index contributed by atoms with van der Waals surface area (Å²) in [6.07, 6.45) is 0. The summed E-state index contributed by atoms with van der Waals surface area (Å²) < 4.78 is 10.9. The molecule has 11 heavy (non-hydrogen) atoms. The molecular formula is C7H14BrO2Zn. The number of halogens is 1. The summed E-state index contributed by atoms with van der Waals surface area (Å²) in [5.41, 5.74) is 0. The van der Waals surface area contributed by atoms with E-state index < -0.39 is 0 Å². The molecule has 0 aromatic heterocycles. The molecule has 0 bridgehead atoms. The third-order valence-electron chi connectivity index (χ3n) is 1.74. The van der Waals surface area contributed by atoms with Crippen LogP contribution in [0.5, 0.6) is 0 Å². The van der Waals surface area contributed by atoms with Gasteiger partial charge in [0.1, 0.15) is 0 Å². The maximum absolute atomic E-state index is 5.47. The van der Waals surface area contributed by atoms with Crippen molar-refractivity contribution < 1.29 is 27.8 Å². The van der Waals surface area contributed by atoms with E-state index in [2.05, 4.69) is 0 Å². The van der Waals surface area contributed by atoms with E-state index >= 15 is 0 Å². The molecule has 0 radical (unpaired) electrons. The van der Waals surface area contributed by atoms with Gasteiger partial charge in [0.2, 0.25) is 0 Å². The van der Waals surface area contributed by atoms with Crippen LogP contribution in [0, 0.1) is 5.92 Å². The molecule has 1 fully saturated rings. The normalized spacial score (nSPS) is 24.4. The first-order chi connectivity index (χ1) is 4.64. The Balaban J connectivity index is 0.000001000. The van der Waals surface area contributed by atoms with E-state index in [9.17, 15) is 0 Å². The summed E-state index contributed by atoms with van der Waals surface area (Å²) in [5.74, 6) is 0.332. The average molecular weight is 275 g/mol. The van der Waals surface area contributed by atoms with Gasteiger partial charge in [-0.05, 0) is 0 Å². The molecule has 0 aliphatic carbocycles. The topological polar surface area (TPSA) is 18.5 Å². The van der Waals surface area contributed by atoms with Crippen LogP contribution in [-0.4, -0.2) is 19.0 Å². The van der Waals surface area contributed by atoms with Crippen molar-refractivity contribution >= 4 is 17.0 Å². The van der Waals surface area contributed by atoms with E-state index in [1.165, 1.54) is 23.3 Å². The van der Waals surface area contributed by atoms with Gasteiger partial charge in [-0.1, -0.05) is 0 Å². The Bertz CT molecular complexity index is 109. The number of hydrogen-bond donors (Lipinski definition) is 0. The van der Waals surface area contributed by atoms with Crippen LogP contribution in [0.15, 0.2) is 0 Å². The zero-order chi connectivity index (χ0) is 7.61. The van der Waals surface area contributed by atoms with E-state index in [1.54, 1.807) is 0 Å². The first kappa shape index (κ1) is 12.0. The fourth-order valence-electron chi connectivity index (χ4n) is 0.894. The molecule has 0 spiro atoms. The molecule has 0 atom stereocenters. The third kappa shape index (κ3) is 3.98. The molecule has 1 heterocycles. The molecule has 0 N–H and O–H groups in total. The van der Waals surface area contributed by atoms with Crippen molar-refractivity contribution in [3.8, 4) is 0 Å². The van der Waals surface area contributed by atoms with Crippen molar-refractivity contribution in [2.45, 2.75) is 24.6 Å². The summed E-state index contributed by atoms with van der Waals surface area (Å²) in [6, 6.07) is 0. The van der Waals surface area contributed by atoms with Crippen molar-refractivity contribution in [3.05, 3.63) is 0 Å². The molecule has 0 aromatic rings. The quantitative estimate of drug-likeness (QED) is 0.681. The van der Waals surface area contributed by atoms with Gasteiger partial charge in [0.15, 0.2) is 0 Å². The third-order valence-corrected chi connectivity index (χ3v) is 3.45. The SMILES string of the molecule is Br.CC1(C)OCC([CH2][Zn])CO1. The molecule has 1 rings (SSSR count). The minimum absolute atomic E-state index is 0. The van der Waals surface area contributed by atoms with E-state index in [-0.39, 0.29) is 22.8 Å². The second kappa shape index (κ2) is 4.91. The van der Waals surface area contributed by atoms with Gasteiger partial charge in [0.05, 0.1) is 0 Å².